The first kappa shape index (κ1) is 14.6. The van der Waals surface area contributed by atoms with E-state index >= 15 is 0 Å². The molecule has 1 heterocycles. The largest absolute Gasteiger partial charge is 0.478 e. The molecule has 0 saturated carbocycles. The minimum Gasteiger partial charge on any atom is -0.478 e. The van der Waals surface area contributed by atoms with Gasteiger partial charge >= 0.3 is 5.97 Å². The van der Waals surface area contributed by atoms with Gasteiger partial charge in [-0.1, -0.05) is 30.3 Å². The molecule has 0 aliphatic carbocycles. The Labute approximate surface area is 130 Å². The number of rotatable bonds is 3. The highest BCUT2D eigenvalue weighted by Gasteiger charge is 2.18. The van der Waals surface area contributed by atoms with Crippen molar-refractivity contribution < 1.29 is 14.6 Å². The molecule has 1 fully saturated rings. The number of aromatic carboxylic acids is 1. The van der Waals surface area contributed by atoms with Crippen LogP contribution in [-0.2, 0) is 4.74 Å². The number of benzene rings is 2. The highest BCUT2D eigenvalue weighted by Crippen LogP contribution is 2.31. The number of hydrogen-bond acceptors (Lipinski definition) is 3. The smallest absolute Gasteiger partial charge is 0.336 e. The fourth-order valence-corrected chi connectivity index (χ4v) is 2.84. The SMILES string of the molecule is Cc1c(C(=O)O)cc(N2CCOCC2)cc1-c1ccccc1. The topological polar surface area (TPSA) is 49.8 Å². The van der Waals surface area contributed by atoms with E-state index in [9.17, 15) is 9.90 Å². The maximum absolute atomic E-state index is 11.6. The number of carboxylic acid groups (broad SMARTS) is 1. The van der Waals surface area contributed by atoms with Gasteiger partial charge in [-0.25, -0.2) is 4.79 Å². The van der Waals surface area contributed by atoms with Gasteiger partial charge in [0.25, 0.3) is 0 Å². The van der Waals surface area contributed by atoms with Crippen molar-refractivity contribution in [2.45, 2.75) is 6.92 Å². The molecule has 0 radical (unpaired) electrons. The molecule has 4 heteroatoms. The first-order valence-corrected chi connectivity index (χ1v) is 7.43. The number of ether oxygens (including phenoxy) is 1. The molecule has 1 aliphatic heterocycles. The minimum atomic E-state index is -0.884. The van der Waals surface area contributed by atoms with Crippen LogP contribution in [-0.4, -0.2) is 37.4 Å². The van der Waals surface area contributed by atoms with Crippen LogP contribution < -0.4 is 4.90 Å². The number of carboxylic acids is 1. The molecule has 1 aliphatic rings. The van der Waals surface area contributed by atoms with Crippen molar-refractivity contribution in [1.29, 1.82) is 0 Å². The summed E-state index contributed by atoms with van der Waals surface area (Å²) in [5, 5.41) is 9.52. The predicted molar refractivity (Wildman–Crippen MR) is 86.6 cm³/mol. The lowest BCUT2D eigenvalue weighted by Crippen LogP contribution is -2.36. The Morgan fingerprint density at radius 2 is 1.82 bits per heavy atom. The zero-order chi connectivity index (χ0) is 15.5. The second-order valence-electron chi connectivity index (χ2n) is 5.44. The van der Waals surface area contributed by atoms with Crippen LogP contribution in [0.25, 0.3) is 11.1 Å². The molecule has 1 saturated heterocycles. The van der Waals surface area contributed by atoms with Crippen LogP contribution in [0.2, 0.25) is 0 Å². The van der Waals surface area contributed by atoms with Gasteiger partial charge in [0, 0.05) is 18.8 Å². The monoisotopic (exact) mass is 297 g/mol. The Kier molecular flexibility index (Phi) is 4.11. The fourth-order valence-electron chi connectivity index (χ4n) is 2.84. The lowest BCUT2D eigenvalue weighted by molar-refractivity contribution is 0.0696. The number of hydrogen-bond donors (Lipinski definition) is 1. The van der Waals surface area contributed by atoms with E-state index in [0.29, 0.717) is 18.8 Å². The second-order valence-corrected chi connectivity index (χ2v) is 5.44. The van der Waals surface area contributed by atoms with Crippen LogP contribution in [0.5, 0.6) is 0 Å². The van der Waals surface area contributed by atoms with Crippen molar-refractivity contribution in [3.05, 3.63) is 53.6 Å². The molecule has 3 rings (SSSR count). The molecule has 0 aromatic heterocycles. The van der Waals surface area contributed by atoms with Gasteiger partial charge in [0.2, 0.25) is 0 Å². The highest BCUT2D eigenvalue weighted by molar-refractivity contribution is 5.94. The van der Waals surface area contributed by atoms with E-state index in [1.807, 2.05) is 37.3 Å². The quantitative estimate of drug-likeness (QED) is 0.945. The van der Waals surface area contributed by atoms with E-state index in [0.717, 1.165) is 35.5 Å². The summed E-state index contributed by atoms with van der Waals surface area (Å²) in [6.07, 6.45) is 0. The maximum atomic E-state index is 11.6. The van der Waals surface area contributed by atoms with Crippen molar-refractivity contribution in [3.8, 4) is 11.1 Å². The lowest BCUT2D eigenvalue weighted by Gasteiger charge is -2.30. The zero-order valence-corrected chi connectivity index (χ0v) is 12.6. The Morgan fingerprint density at radius 1 is 1.14 bits per heavy atom. The highest BCUT2D eigenvalue weighted by atomic mass is 16.5. The molecule has 114 valence electrons. The molecule has 2 aromatic carbocycles. The third-order valence-corrected chi connectivity index (χ3v) is 4.08. The predicted octanol–water partition coefficient (Wildman–Crippen LogP) is 3.20. The summed E-state index contributed by atoms with van der Waals surface area (Å²) in [6, 6.07) is 13.8. The van der Waals surface area contributed by atoms with E-state index in [1.165, 1.54) is 0 Å². The van der Waals surface area contributed by atoms with Crippen molar-refractivity contribution in [1.82, 2.24) is 0 Å². The summed E-state index contributed by atoms with van der Waals surface area (Å²) in [5.41, 5.74) is 4.13. The molecule has 0 amide bonds. The van der Waals surface area contributed by atoms with Gasteiger partial charge in [-0.2, -0.15) is 0 Å². The molecule has 0 atom stereocenters. The molecular formula is C18H19NO3. The first-order valence-electron chi connectivity index (χ1n) is 7.43. The molecule has 2 aromatic rings. The zero-order valence-electron chi connectivity index (χ0n) is 12.6. The summed E-state index contributed by atoms with van der Waals surface area (Å²) in [5.74, 6) is -0.884. The molecule has 0 unspecified atom stereocenters. The van der Waals surface area contributed by atoms with Crippen molar-refractivity contribution in [2.24, 2.45) is 0 Å². The average molecular weight is 297 g/mol. The Balaban J connectivity index is 2.12. The van der Waals surface area contributed by atoms with Gasteiger partial charge in [-0.05, 0) is 35.7 Å². The number of anilines is 1. The Morgan fingerprint density at radius 3 is 2.45 bits per heavy atom. The van der Waals surface area contributed by atoms with Gasteiger partial charge < -0.3 is 14.7 Å². The Bertz CT molecular complexity index is 676. The van der Waals surface area contributed by atoms with Gasteiger partial charge in [0.05, 0.1) is 18.8 Å². The normalized spacial score (nSPS) is 14.9. The van der Waals surface area contributed by atoms with E-state index in [4.69, 9.17) is 4.74 Å². The summed E-state index contributed by atoms with van der Waals surface area (Å²) in [6.45, 7) is 4.80. The van der Waals surface area contributed by atoms with E-state index in [-0.39, 0.29) is 0 Å². The van der Waals surface area contributed by atoms with E-state index < -0.39 is 5.97 Å². The van der Waals surface area contributed by atoms with Crippen molar-refractivity contribution >= 4 is 11.7 Å². The number of nitrogens with zero attached hydrogens (tertiary/aromatic N) is 1. The minimum absolute atomic E-state index is 0.364. The molecule has 1 N–H and O–H groups in total. The summed E-state index contributed by atoms with van der Waals surface area (Å²) >= 11 is 0. The van der Waals surface area contributed by atoms with Crippen LogP contribution in [0.4, 0.5) is 5.69 Å². The van der Waals surface area contributed by atoms with Crippen molar-refractivity contribution in [2.75, 3.05) is 31.2 Å². The maximum Gasteiger partial charge on any atom is 0.336 e. The van der Waals surface area contributed by atoms with Crippen molar-refractivity contribution in [3.63, 3.8) is 0 Å². The third kappa shape index (κ3) is 2.83. The molecule has 22 heavy (non-hydrogen) atoms. The second kappa shape index (κ2) is 6.20. The first-order chi connectivity index (χ1) is 10.7. The lowest BCUT2D eigenvalue weighted by atomic mass is 9.95. The third-order valence-electron chi connectivity index (χ3n) is 4.08. The standard InChI is InChI=1S/C18H19NO3/c1-13-16(14-5-3-2-4-6-14)11-15(12-17(13)18(20)21)19-7-9-22-10-8-19/h2-6,11-12H,7-10H2,1H3,(H,20,21). The molecular weight excluding hydrogens is 278 g/mol. The number of carbonyl (C=O) groups is 1. The summed E-state index contributed by atoms with van der Waals surface area (Å²) < 4.78 is 5.38. The van der Waals surface area contributed by atoms with Gasteiger partial charge in [-0.15, -0.1) is 0 Å². The fraction of sp³-hybridized carbons (Fsp3) is 0.278. The molecule has 4 nitrogen and oxygen atoms in total. The molecule has 0 spiro atoms. The van der Waals surface area contributed by atoms with Gasteiger partial charge in [0.15, 0.2) is 0 Å². The van der Waals surface area contributed by atoms with Crippen LogP contribution in [0.3, 0.4) is 0 Å². The van der Waals surface area contributed by atoms with E-state index in [2.05, 4.69) is 11.0 Å². The summed E-state index contributed by atoms with van der Waals surface area (Å²) in [7, 11) is 0. The Hall–Kier alpha value is -2.33. The van der Waals surface area contributed by atoms with Crippen LogP contribution in [0.1, 0.15) is 15.9 Å². The van der Waals surface area contributed by atoms with Crippen LogP contribution >= 0.6 is 0 Å². The van der Waals surface area contributed by atoms with Gasteiger partial charge in [-0.3, -0.25) is 0 Å². The van der Waals surface area contributed by atoms with E-state index in [1.54, 1.807) is 6.07 Å². The molecule has 0 bridgehead atoms. The summed E-state index contributed by atoms with van der Waals surface area (Å²) in [4.78, 5) is 13.8. The average Bonchev–Trinajstić information content (AvgIpc) is 2.56. The number of morpholine rings is 1. The van der Waals surface area contributed by atoms with Crippen LogP contribution in [0.15, 0.2) is 42.5 Å². The van der Waals surface area contributed by atoms with Gasteiger partial charge in [0.1, 0.15) is 0 Å². The van der Waals surface area contributed by atoms with Crippen LogP contribution in [0, 0.1) is 6.92 Å².